The molecular weight excluding hydrogens is 300 g/mol. The molecule has 0 bridgehead atoms. The molecule has 1 aromatic carbocycles. The van der Waals surface area contributed by atoms with Crippen LogP contribution in [0.25, 0.3) is 0 Å². The van der Waals surface area contributed by atoms with Gasteiger partial charge in [0.1, 0.15) is 5.82 Å². The number of hydrogen-bond donors (Lipinski definition) is 2. The molecule has 0 saturated heterocycles. The highest BCUT2D eigenvalue weighted by atomic mass is 32.2. The van der Waals surface area contributed by atoms with Crippen LogP contribution in [0.5, 0.6) is 0 Å². The van der Waals surface area contributed by atoms with Gasteiger partial charge in [0.15, 0.2) is 5.82 Å². The maximum absolute atomic E-state index is 12.3. The Bertz CT molecular complexity index is 750. The van der Waals surface area contributed by atoms with E-state index in [1.807, 2.05) is 20.8 Å². The first-order valence-electron chi connectivity index (χ1n) is 6.88. The molecule has 0 radical (unpaired) electrons. The van der Waals surface area contributed by atoms with Crippen LogP contribution in [0, 0.1) is 6.92 Å². The average molecular weight is 320 g/mol. The quantitative estimate of drug-likeness (QED) is 0.905. The van der Waals surface area contributed by atoms with Gasteiger partial charge in [-0.1, -0.05) is 18.2 Å². The highest BCUT2D eigenvalue weighted by Crippen LogP contribution is 2.18. The SMILES string of the molecule is Cc1ccccc1S(=O)(=O)Nc1ccc(NC(C)(C)C)nn1. The van der Waals surface area contributed by atoms with Gasteiger partial charge >= 0.3 is 0 Å². The van der Waals surface area contributed by atoms with Crippen LogP contribution in [-0.4, -0.2) is 24.2 Å². The molecule has 1 heterocycles. The summed E-state index contributed by atoms with van der Waals surface area (Å²) in [6.07, 6.45) is 0. The Hall–Kier alpha value is -2.15. The first kappa shape index (κ1) is 16.2. The molecule has 1 aromatic heterocycles. The van der Waals surface area contributed by atoms with Crippen molar-refractivity contribution in [2.24, 2.45) is 0 Å². The highest BCUT2D eigenvalue weighted by molar-refractivity contribution is 7.92. The van der Waals surface area contributed by atoms with E-state index in [1.54, 1.807) is 43.3 Å². The van der Waals surface area contributed by atoms with Gasteiger partial charge in [0.2, 0.25) is 0 Å². The van der Waals surface area contributed by atoms with Crippen LogP contribution in [0.2, 0.25) is 0 Å². The van der Waals surface area contributed by atoms with E-state index >= 15 is 0 Å². The number of sulfonamides is 1. The van der Waals surface area contributed by atoms with Crippen LogP contribution < -0.4 is 10.0 Å². The molecule has 0 amide bonds. The number of aromatic nitrogens is 2. The molecule has 0 aliphatic heterocycles. The number of aryl methyl sites for hydroxylation is 1. The second-order valence-electron chi connectivity index (χ2n) is 6.05. The third-order valence-corrected chi connectivity index (χ3v) is 4.30. The summed E-state index contributed by atoms with van der Waals surface area (Å²) in [5, 5.41) is 11.0. The molecule has 6 nitrogen and oxygen atoms in total. The molecule has 2 aromatic rings. The zero-order chi connectivity index (χ0) is 16.4. The number of hydrogen-bond acceptors (Lipinski definition) is 5. The van der Waals surface area contributed by atoms with Gasteiger partial charge in [0.05, 0.1) is 4.90 Å². The maximum Gasteiger partial charge on any atom is 0.263 e. The van der Waals surface area contributed by atoms with E-state index in [4.69, 9.17) is 0 Å². The van der Waals surface area contributed by atoms with Gasteiger partial charge < -0.3 is 5.32 Å². The van der Waals surface area contributed by atoms with Crippen molar-refractivity contribution in [3.63, 3.8) is 0 Å². The van der Waals surface area contributed by atoms with E-state index in [9.17, 15) is 8.42 Å². The number of anilines is 2. The Kier molecular flexibility index (Phi) is 4.37. The summed E-state index contributed by atoms with van der Waals surface area (Å²) in [6, 6.07) is 10.0. The first-order valence-corrected chi connectivity index (χ1v) is 8.36. The van der Waals surface area contributed by atoms with Crippen molar-refractivity contribution >= 4 is 21.7 Å². The molecule has 0 atom stereocenters. The molecular formula is C15H20N4O2S. The third-order valence-electron chi connectivity index (χ3n) is 2.79. The molecule has 0 fully saturated rings. The minimum atomic E-state index is -3.66. The topological polar surface area (TPSA) is 84.0 Å². The number of rotatable bonds is 4. The van der Waals surface area contributed by atoms with Gasteiger partial charge in [-0.15, -0.1) is 10.2 Å². The Balaban J connectivity index is 2.19. The largest absolute Gasteiger partial charge is 0.364 e. The molecule has 0 saturated carbocycles. The zero-order valence-electron chi connectivity index (χ0n) is 13.1. The molecule has 0 aliphatic rings. The number of benzene rings is 1. The molecule has 0 unspecified atom stereocenters. The van der Waals surface area contributed by atoms with Crippen LogP contribution >= 0.6 is 0 Å². The van der Waals surface area contributed by atoms with Crippen molar-refractivity contribution in [3.8, 4) is 0 Å². The van der Waals surface area contributed by atoms with Crippen LogP contribution in [0.1, 0.15) is 26.3 Å². The summed E-state index contributed by atoms with van der Waals surface area (Å²) >= 11 is 0. The van der Waals surface area contributed by atoms with Crippen molar-refractivity contribution in [2.45, 2.75) is 38.1 Å². The van der Waals surface area contributed by atoms with Crippen molar-refractivity contribution < 1.29 is 8.42 Å². The molecule has 0 spiro atoms. The minimum Gasteiger partial charge on any atom is -0.364 e. The van der Waals surface area contributed by atoms with E-state index in [2.05, 4.69) is 20.2 Å². The Labute approximate surface area is 131 Å². The summed E-state index contributed by atoms with van der Waals surface area (Å²) in [7, 11) is -3.66. The average Bonchev–Trinajstić information content (AvgIpc) is 2.39. The summed E-state index contributed by atoms with van der Waals surface area (Å²) in [6.45, 7) is 7.76. The predicted molar refractivity (Wildman–Crippen MR) is 87.4 cm³/mol. The van der Waals surface area contributed by atoms with Gasteiger partial charge in [0, 0.05) is 5.54 Å². The Morgan fingerprint density at radius 3 is 2.09 bits per heavy atom. The zero-order valence-corrected chi connectivity index (χ0v) is 13.9. The van der Waals surface area contributed by atoms with Crippen LogP contribution in [0.15, 0.2) is 41.3 Å². The highest BCUT2D eigenvalue weighted by Gasteiger charge is 2.17. The van der Waals surface area contributed by atoms with E-state index < -0.39 is 10.0 Å². The molecule has 0 aliphatic carbocycles. The molecule has 118 valence electrons. The summed E-state index contributed by atoms with van der Waals surface area (Å²) < 4.78 is 27.1. The lowest BCUT2D eigenvalue weighted by atomic mass is 10.1. The second kappa shape index (κ2) is 5.92. The monoisotopic (exact) mass is 320 g/mol. The van der Waals surface area contributed by atoms with Crippen molar-refractivity contribution in [3.05, 3.63) is 42.0 Å². The van der Waals surface area contributed by atoms with Crippen LogP contribution in [0.3, 0.4) is 0 Å². The lowest BCUT2D eigenvalue weighted by Crippen LogP contribution is -2.26. The van der Waals surface area contributed by atoms with Crippen LogP contribution in [-0.2, 0) is 10.0 Å². The third kappa shape index (κ3) is 4.17. The number of nitrogens with zero attached hydrogens (tertiary/aromatic N) is 2. The molecule has 22 heavy (non-hydrogen) atoms. The Morgan fingerprint density at radius 1 is 0.955 bits per heavy atom. The summed E-state index contributed by atoms with van der Waals surface area (Å²) in [5.41, 5.74) is 0.533. The maximum atomic E-state index is 12.3. The lowest BCUT2D eigenvalue weighted by molar-refractivity contribution is 0.600. The minimum absolute atomic E-state index is 0.142. The van der Waals surface area contributed by atoms with Gasteiger partial charge in [-0.3, -0.25) is 4.72 Å². The summed E-state index contributed by atoms with van der Waals surface area (Å²) in [5.74, 6) is 0.772. The molecule has 7 heteroatoms. The van der Waals surface area contributed by atoms with Crippen molar-refractivity contribution in [2.75, 3.05) is 10.0 Å². The fraction of sp³-hybridized carbons (Fsp3) is 0.333. The first-order chi connectivity index (χ1) is 10.2. The molecule has 2 rings (SSSR count). The van der Waals surface area contributed by atoms with E-state index in [0.29, 0.717) is 11.4 Å². The fourth-order valence-corrected chi connectivity index (χ4v) is 3.13. The van der Waals surface area contributed by atoms with Gasteiger partial charge in [-0.25, -0.2) is 8.42 Å². The molecule has 2 N–H and O–H groups in total. The summed E-state index contributed by atoms with van der Waals surface area (Å²) in [4.78, 5) is 0.230. The van der Waals surface area contributed by atoms with Gasteiger partial charge in [-0.2, -0.15) is 0 Å². The second-order valence-corrected chi connectivity index (χ2v) is 7.70. The Morgan fingerprint density at radius 2 is 1.55 bits per heavy atom. The van der Waals surface area contributed by atoms with Gasteiger partial charge in [-0.05, 0) is 51.5 Å². The van der Waals surface area contributed by atoms with Crippen LogP contribution in [0.4, 0.5) is 11.6 Å². The number of nitrogens with one attached hydrogen (secondary N) is 2. The smallest absolute Gasteiger partial charge is 0.263 e. The normalized spacial score (nSPS) is 12.0. The van der Waals surface area contributed by atoms with Crippen molar-refractivity contribution in [1.82, 2.24) is 10.2 Å². The van der Waals surface area contributed by atoms with Crippen molar-refractivity contribution in [1.29, 1.82) is 0 Å². The standard InChI is InChI=1S/C15H20N4O2S/c1-11-7-5-6-8-12(11)22(20,21)19-14-10-9-13(17-18-14)16-15(2,3)4/h5-10H,1-4H3,(H,16,17)(H,18,19). The van der Waals surface area contributed by atoms with E-state index in [-0.39, 0.29) is 16.3 Å². The lowest BCUT2D eigenvalue weighted by Gasteiger charge is -2.20. The van der Waals surface area contributed by atoms with Gasteiger partial charge in [0.25, 0.3) is 10.0 Å². The van der Waals surface area contributed by atoms with E-state index in [1.165, 1.54) is 0 Å². The van der Waals surface area contributed by atoms with E-state index in [0.717, 1.165) is 0 Å². The predicted octanol–water partition coefficient (Wildman–Crippen LogP) is 2.80. The fourth-order valence-electron chi connectivity index (χ4n) is 1.89.